The molecule has 1 aliphatic carbocycles. The Kier molecular flexibility index (Phi) is 7.15. The lowest BCUT2D eigenvalue weighted by Gasteiger charge is -2.18. The highest BCUT2D eigenvalue weighted by Crippen LogP contribution is 2.19. The summed E-state index contributed by atoms with van der Waals surface area (Å²) in [5.74, 6) is -0.932. The smallest absolute Gasteiger partial charge is 0.331 e. The van der Waals surface area contributed by atoms with Crippen LogP contribution in [0.4, 0.5) is 0 Å². The van der Waals surface area contributed by atoms with Gasteiger partial charge >= 0.3 is 5.97 Å². The van der Waals surface area contributed by atoms with Crippen molar-refractivity contribution < 1.29 is 22.7 Å². The third kappa shape index (κ3) is 5.90. The number of nitrogens with one attached hydrogen (secondary N) is 1. The second-order valence-corrected chi connectivity index (χ2v) is 8.29. The Morgan fingerprint density at radius 2 is 1.81 bits per heavy atom. The van der Waals surface area contributed by atoms with Crippen molar-refractivity contribution in [2.75, 3.05) is 13.1 Å². The van der Waals surface area contributed by atoms with E-state index in [1.807, 2.05) is 0 Å². The quantitative estimate of drug-likeness (QED) is 0.510. The maximum atomic E-state index is 12.4. The molecule has 1 aromatic carbocycles. The molecule has 1 saturated carbocycles. The molecule has 1 atom stereocenters. The van der Waals surface area contributed by atoms with Gasteiger partial charge in [-0.05, 0) is 43.5 Å². The molecular weight excluding hydrogens is 368 g/mol. The van der Waals surface area contributed by atoms with Gasteiger partial charge in [0.15, 0.2) is 6.10 Å². The number of ether oxygens (including phenoxy) is 1. The van der Waals surface area contributed by atoms with E-state index >= 15 is 0 Å². The van der Waals surface area contributed by atoms with Gasteiger partial charge in [-0.15, -0.1) is 0 Å². The highest BCUT2D eigenvalue weighted by Gasteiger charge is 2.26. The molecule has 27 heavy (non-hydrogen) atoms. The molecular formula is C19H26N2O5S. The summed E-state index contributed by atoms with van der Waals surface area (Å²) < 4.78 is 31.3. The van der Waals surface area contributed by atoms with E-state index in [1.165, 1.54) is 35.5 Å². The van der Waals surface area contributed by atoms with Crippen LogP contribution in [0.3, 0.4) is 0 Å². The first-order chi connectivity index (χ1) is 12.8. The molecule has 1 fully saturated rings. The molecule has 7 nitrogen and oxygen atoms in total. The van der Waals surface area contributed by atoms with E-state index < -0.39 is 22.1 Å². The molecule has 1 amide bonds. The summed E-state index contributed by atoms with van der Waals surface area (Å²) in [4.78, 5) is 23.8. The number of rotatable bonds is 9. The predicted octanol–water partition coefficient (Wildman–Crippen LogP) is 1.94. The van der Waals surface area contributed by atoms with Gasteiger partial charge in [-0.1, -0.05) is 26.0 Å². The van der Waals surface area contributed by atoms with Crippen molar-refractivity contribution in [1.82, 2.24) is 9.62 Å². The number of nitrogens with zero attached hydrogens (tertiary/aromatic N) is 1. The molecule has 0 spiro atoms. The Hall–Kier alpha value is -2.19. The summed E-state index contributed by atoms with van der Waals surface area (Å²) in [6.07, 6.45) is 3.80. The Bertz CT molecular complexity index is 794. The van der Waals surface area contributed by atoms with E-state index in [4.69, 9.17) is 4.74 Å². The summed E-state index contributed by atoms with van der Waals surface area (Å²) in [6.45, 7) is 5.90. The SMILES string of the molecule is CCN(CC)S(=O)(=O)c1ccc(/C=C/C(=O)O[C@@H](C)C(=O)NC2CC2)cc1. The van der Waals surface area contributed by atoms with Crippen LogP contribution in [0.25, 0.3) is 6.08 Å². The van der Waals surface area contributed by atoms with Gasteiger partial charge in [-0.2, -0.15) is 4.31 Å². The van der Waals surface area contributed by atoms with Gasteiger partial charge in [0.25, 0.3) is 5.91 Å². The van der Waals surface area contributed by atoms with Crippen LogP contribution in [0.15, 0.2) is 35.2 Å². The van der Waals surface area contributed by atoms with Gasteiger partial charge in [0.05, 0.1) is 4.90 Å². The molecule has 148 valence electrons. The number of carbonyl (C=O) groups excluding carboxylic acids is 2. The number of hydrogen-bond donors (Lipinski definition) is 1. The first kappa shape index (κ1) is 21.1. The fourth-order valence-electron chi connectivity index (χ4n) is 2.44. The number of esters is 1. The van der Waals surface area contributed by atoms with Crippen LogP contribution in [0.2, 0.25) is 0 Å². The summed E-state index contributed by atoms with van der Waals surface area (Å²) in [5, 5.41) is 2.77. The van der Waals surface area contributed by atoms with Crippen molar-refractivity contribution in [3.63, 3.8) is 0 Å². The highest BCUT2D eigenvalue weighted by molar-refractivity contribution is 7.89. The molecule has 0 saturated heterocycles. The zero-order valence-electron chi connectivity index (χ0n) is 15.8. The van der Waals surface area contributed by atoms with Crippen molar-refractivity contribution in [2.24, 2.45) is 0 Å². The Morgan fingerprint density at radius 1 is 1.22 bits per heavy atom. The standard InChI is InChI=1S/C19H26N2O5S/c1-4-21(5-2)27(24,25)17-11-6-15(7-12-17)8-13-18(22)26-14(3)19(23)20-16-9-10-16/h6-8,11-14,16H,4-5,9-10H2,1-3H3,(H,20,23)/b13-8+/t14-/m0/s1. The zero-order valence-corrected chi connectivity index (χ0v) is 16.7. The number of amides is 1. The van der Waals surface area contributed by atoms with E-state index in [1.54, 1.807) is 26.0 Å². The second kappa shape index (κ2) is 9.14. The molecule has 1 aliphatic rings. The van der Waals surface area contributed by atoms with Crippen LogP contribution in [-0.2, 0) is 24.3 Å². The lowest BCUT2D eigenvalue weighted by Crippen LogP contribution is -2.36. The molecule has 0 unspecified atom stereocenters. The van der Waals surface area contributed by atoms with Gasteiger partial charge in [-0.25, -0.2) is 13.2 Å². The topological polar surface area (TPSA) is 92.8 Å². The first-order valence-electron chi connectivity index (χ1n) is 9.07. The van der Waals surface area contributed by atoms with Crippen LogP contribution in [-0.4, -0.2) is 49.8 Å². The minimum atomic E-state index is -3.51. The fourth-order valence-corrected chi connectivity index (χ4v) is 3.90. The third-order valence-corrected chi connectivity index (χ3v) is 6.29. The largest absolute Gasteiger partial charge is 0.449 e. The van der Waals surface area contributed by atoms with Crippen molar-refractivity contribution in [3.8, 4) is 0 Å². The van der Waals surface area contributed by atoms with Crippen LogP contribution in [0.5, 0.6) is 0 Å². The molecule has 8 heteroatoms. The van der Waals surface area contributed by atoms with Crippen LogP contribution in [0.1, 0.15) is 39.2 Å². The van der Waals surface area contributed by atoms with Crippen molar-refractivity contribution in [1.29, 1.82) is 0 Å². The fraction of sp³-hybridized carbons (Fsp3) is 0.474. The minimum absolute atomic E-state index is 0.205. The zero-order chi connectivity index (χ0) is 20.0. The number of sulfonamides is 1. The molecule has 0 aliphatic heterocycles. The number of benzene rings is 1. The van der Waals surface area contributed by atoms with E-state index in [-0.39, 0.29) is 16.8 Å². The highest BCUT2D eigenvalue weighted by atomic mass is 32.2. The predicted molar refractivity (Wildman–Crippen MR) is 102 cm³/mol. The van der Waals surface area contributed by atoms with Crippen molar-refractivity contribution >= 4 is 28.0 Å². The minimum Gasteiger partial charge on any atom is -0.449 e. The molecule has 0 heterocycles. The van der Waals surface area contributed by atoms with Crippen LogP contribution < -0.4 is 5.32 Å². The summed E-state index contributed by atoms with van der Waals surface area (Å²) >= 11 is 0. The van der Waals surface area contributed by atoms with Crippen LogP contribution >= 0.6 is 0 Å². The molecule has 1 N–H and O–H groups in total. The summed E-state index contributed by atoms with van der Waals surface area (Å²) in [7, 11) is -3.51. The number of hydrogen-bond acceptors (Lipinski definition) is 5. The van der Waals surface area contributed by atoms with E-state index in [0.717, 1.165) is 12.8 Å². The maximum Gasteiger partial charge on any atom is 0.331 e. The maximum absolute atomic E-state index is 12.4. The first-order valence-corrected chi connectivity index (χ1v) is 10.5. The van der Waals surface area contributed by atoms with Crippen molar-refractivity contribution in [3.05, 3.63) is 35.9 Å². The summed E-state index contributed by atoms with van der Waals surface area (Å²) in [6, 6.07) is 6.45. The second-order valence-electron chi connectivity index (χ2n) is 6.35. The third-order valence-electron chi connectivity index (χ3n) is 4.22. The lowest BCUT2D eigenvalue weighted by atomic mass is 10.2. The average Bonchev–Trinajstić information content (AvgIpc) is 3.45. The van der Waals surface area contributed by atoms with E-state index in [9.17, 15) is 18.0 Å². The van der Waals surface area contributed by atoms with Gasteiger partial charge in [0.1, 0.15) is 0 Å². The van der Waals surface area contributed by atoms with Gasteiger partial charge in [0, 0.05) is 25.2 Å². The van der Waals surface area contributed by atoms with Gasteiger partial charge in [0.2, 0.25) is 10.0 Å². The van der Waals surface area contributed by atoms with Crippen LogP contribution in [0, 0.1) is 0 Å². The normalized spacial score (nSPS) is 15.7. The monoisotopic (exact) mass is 394 g/mol. The van der Waals surface area contributed by atoms with Crippen molar-refractivity contribution in [2.45, 2.75) is 50.7 Å². The molecule has 2 rings (SSSR count). The average molecular weight is 394 g/mol. The molecule has 1 aromatic rings. The number of carbonyl (C=O) groups is 2. The van der Waals surface area contributed by atoms with E-state index in [0.29, 0.717) is 18.7 Å². The lowest BCUT2D eigenvalue weighted by molar-refractivity contribution is -0.150. The summed E-state index contributed by atoms with van der Waals surface area (Å²) in [5.41, 5.74) is 0.653. The molecule has 0 radical (unpaired) electrons. The van der Waals surface area contributed by atoms with Gasteiger partial charge < -0.3 is 10.1 Å². The Labute approximate surface area is 160 Å². The Morgan fingerprint density at radius 3 is 2.33 bits per heavy atom. The molecule has 0 bridgehead atoms. The van der Waals surface area contributed by atoms with Gasteiger partial charge in [-0.3, -0.25) is 4.79 Å². The molecule has 0 aromatic heterocycles. The van der Waals surface area contributed by atoms with E-state index in [2.05, 4.69) is 5.32 Å². The Balaban J connectivity index is 1.94.